The molecule has 3 rings (SSSR count). The van der Waals surface area contributed by atoms with E-state index in [9.17, 15) is 0 Å². The van der Waals surface area contributed by atoms with Crippen LogP contribution in [0.5, 0.6) is 0 Å². The van der Waals surface area contributed by atoms with Gasteiger partial charge in [0.25, 0.3) is 0 Å². The largest absolute Gasteiger partial charge is 0.225 e. The SMILES string of the molecule is Cc1ccn(-c2nc(Cl)nc3sc(C)cc23)n1. The highest BCUT2D eigenvalue weighted by molar-refractivity contribution is 7.18. The molecule has 0 unspecified atom stereocenters. The molecule has 3 aromatic heterocycles. The Hall–Kier alpha value is -1.46. The van der Waals surface area contributed by atoms with Gasteiger partial charge < -0.3 is 0 Å². The second-order valence-electron chi connectivity index (χ2n) is 3.79. The van der Waals surface area contributed by atoms with Crippen molar-refractivity contribution in [3.63, 3.8) is 0 Å². The van der Waals surface area contributed by atoms with Crippen LogP contribution in [-0.2, 0) is 0 Å². The predicted octanol–water partition coefficient (Wildman–Crippen LogP) is 3.15. The summed E-state index contributed by atoms with van der Waals surface area (Å²) in [6, 6.07) is 3.99. The summed E-state index contributed by atoms with van der Waals surface area (Å²) in [5.74, 6) is 0.734. The minimum atomic E-state index is 0.252. The van der Waals surface area contributed by atoms with Crippen LogP contribution >= 0.6 is 22.9 Å². The number of hydrogen-bond acceptors (Lipinski definition) is 4. The molecule has 4 nitrogen and oxygen atoms in total. The molecule has 0 amide bonds. The van der Waals surface area contributed by atoms with Crippen LogP contribution in [0.2, 0.25) is 5.28 Å². The molecule has 0 spiro atoms. The van der Waals surface area contributed by atoms with Crippen molar-refractivity contribution in [3.05, 3.63) is 34.2 Å². The third-order valence-corrected chi connectivity index (χ3v) is 3.52. The van der Waals surface area contributed by atoms with Crippen LogP contribution in [0.3, 0.4) is 0 Å². The lowest BCUT2D eigenvalue weighted by Crippen LogP contribution is -2.00. The van der Waals surface area contributed by atoms with E-state index in [2.05, 4.69) is 21.1 Å². The van der Waals surface area contributed by atoms with Crippen molar-refractivity contribution in [2.24, 2.45) is 0 Å². The standard InChI is InChI=1S/C11H9ClN4S/c1-6-3-4-16(15-6)9-8-5-7(2)17-10(8)14-11(12)13-9/h3-5H,1-2H3. The lowest BCUT2D eigenvalue weighted by atomic mass is 10.3. The van der Waals surface area contributed by atoms with Gasteiger partial charge >= 0.3 is 0 Å². The summed E-state index contributed by atoms with van der Waals surface area (Å²) in [7, 11) is 0. The molecule has 0 saturated carbocycles. The van der Waals surface area contributed by atoms with Gasteiger partial charge in [-0.15, -0.1) is 11.3 Å². The summed E-state index contributed by atoms with van der Waals surface area (Å²) < 4.78 is 1.73. The number of aryl methyl sites for hydroxylation is 2. The van der Waals surface area contributed by atoms with E-state index in [4.69, 9.17) is 11.6 Å². The molecule has 0 aliphatic rings. The zero-order valence-corrected chi connectivity index (χ0v) is 10.9. The van der Waals surface area contributed by atoms with E-state index in [1.54, 1.807) is 16.0 Å². The van der Waals surface area contributed by atoms with E-state index in [1.807, 2.05) is 26.1 Å². The number of hydrogen-bond donors (Lipinski definition) is 0. The molecule has 0 bridgehead atoms. The number of halogens is 1. The van der Waals surface area contributed by atoms with Gasteiger partial charge in [0.1, 0.15) is 4.83 Å². The van der Waals surface area contributed by atoms with Crippen LogP contribution in [-0.4, -0.2) is 19.7 Å². The molecule has 3 heterocycles. The molecule has 17 heavy (non-hydrogen) atoms. The molecule has 0 N–H and O–H groups in total. The van der Waals surface area contributed by atoms with Crippen LogP contribution < -0.4 is 0 Å². The monoisotopic (exact) mass is 264 g/mol. The van der Waals surface area contributed by atoms with Crippen LogP contribution in [0, 0.1) is 13.8 Å². The lowest BCUT2D eigenvalue weighted by Gasteiger charge is -2.02. The first-order chi connectivity index (χ1) is 8.13. The van der Waals surface area contributed by atoms with E-state index in [-0.39, 0.29) is 5.28 Å². The summed E-state index contributed by atoms with van der Waals surface area (Å²) in [5, 5.41) is 5.59. The molecule has 86 valence electrons. The minimum Gasteiger partial charge on any atom is -0.222 e. The van der Waals surface area contributed by atoms with Gasteiger partial charge in [0.15, 0.2) is 5.82 Å². The maximum absolute atomic E-state index is 5.93. The maximum Gasteiger partial charge on any atom is 0.225 e. The molecule has 0 aromatic carbocycles. The van der Waals surface area contributed by atoms with Crippen molar-refractivity contribution in [2.75, 3.05) is 0 Å². The second-order valence-corrected chi connectivity index (χ2v) is 5.37. The molecule has 0 atom stereocenters. The average molecular weight is 265 g/mol. The lowest BCUT2D eigenvalue weighted by molar-refractivity contribution is 0.837. The summed E-state index contributed by atoms with van der Waals surface area (Å²) >= 11 is 7.54. The number of nitrogens with zero attached hydrogens (tertiary/aromatic N) is 4. The molecule has 0 aliphatic carbocycles. The van der Waals surface area contributed by atoms with Gasteiger partial charge in [-0.25, -0.2) is 9.67 Å². The Bertz CT molecular complexity index is 701. The minimum absolute atomic E-state index is 0.252. The van der Waals surface area contributed by atoms with Crippen molar-refractivity contribution in [3.8, 4) is 5.82 Å². The molecule has 0 aliphatic heterocycles. The molecule has 3 aromatic rings. The molecular formula is C11H9ClN4S. The average Bonchev–Trinajstić information content (AvgIpc) is 2.82. The molecule has 0 saturated heterocycles. The Morgan fingerprint density at radius 2 is 2.12 bits per heavy atom. The summed E-state index contributed by atoms with van der Waals surface area (Å²) in [6.45, 7) is 3.98. The summed E-state index contributed by atoms with van der Waals surface area (Å²) in [6.07, 6.45) is 1.88. The van der Waals surface area contributed by atoms with Crippen molar-refractivity contribution in [2.45, 2.75) is 13.8 Å². The first-order valence-corrected chi connectivity index (χ1v) is 6.29. The number of aromatic nitrogens is 4. The van der Waals surface area contributed by atoms with E-state index in [0.717, 1.165) is 21.7 Å². The van der Waals surface area contributed by atoms with Crippen molar-refractivity contribution < 1.29 is 0 Å². The number of fused-ring (bicyclic) bond motifs is 1. The van der Waals surface area contributed by atoms with E-state index in [0.29, 0.717) is 0 Å². The highest BCUT2D eigenvalue weighted by Crippen LogP contribution is 2.28. The smallest absolute Gasteiger partial charge is 0.222 e. The van der Waals surface area contributed by atoms with Crippen molar-refractivity contribution in [1.82, 2.24) is 19.7 Å². The van der Waals surface area contributed by atoms with Gasteiger partial charge in [-0.3, -0.25) is 0 Å². The predicted molar refractivity (Wildman–Crippen MR) is 69.0 cm³/mol. The van der Waals surface area contributed by atoms with Crippen molar-refractivity contribution >= 4 is 33.2 Å². The molecule has 6 heteroatoms. The zero-order chi connectivity index (χ0) is 12.0. The van der Waals surface area contributed by atoms with Gasteiger partial charge in [0.2, 0.25) is 5.28 Å². The van der Waals surface area contributed by atoms with Gasteiger partial charge in [0.05, 0.1) is 11.1 Å². The Morgan fingerprint density at radius 1 is 1.29 bits per heavy atom. The number of thiophene rings is 1. The van der Waals surface area contributed by atoms with E-state index >= 15 is 0 Å². The zero-order valence-electron chi connectivity index (χ0n) is 9.31. The fourth-order valence-corrected chi connectivity index (χ4v) is 2.80. The van der Waals surface area contributed by atoms with E-state index in [1.165, 1.54) is 4.88 Å². The van der Waals surface area contributed by atoms with Gasteiger partial charge in [0, 0.05) is 11.1 Å². The molecule has 0 radical (unpaired) electrons. The normalized spacial score (nSPS) is 11.2. The third kappa shape index (κ3) is 1.81. The van der Waals surface area contributed by atoms with Crippen LogP contribution in [0.4, 0.5) is 0 Å². The van der Waals surface area contributed by atoms with Gasteiger partial charge in [-0.05, 0) is 37.6 Å². The number of rotatable bonds is 1. The Kier molecular flexibility index (Phi) is 2.38. The topological polar surface area (TPSA) is 43.6 Å². The highest BCUT2D eigenvalue weighted by atomic mass is 35.5. The fraction of sp³-hybridized carbons (Fsp3) is 0.182. The first-order valence-electron chi connectivity index (χ1n) is 5.10. The van der Waals surface area contributed by atoms with Crippen LogP contribution in [0.25, 0.3) is 16.0 Å². The summed E-state index contributed by atoms with van der Waals surface area (Å²) in [4.78, 5) is 10.6. The van der Waals surface area contributed by atoms with Crippen LogP contribution in [0.15, 0.2) is 18.3 Å². The van der Waals surface area contributed by atoms with E-state index < -0.39 is 0 Å². The van der Waals surface area contributed by atoms with Crippen molar-refractivity contribution in [1.29, 1.82) is 0 Å². The van der Waals surface area contributed by atoms with Crippen LogP contribution in [0.1, 0.15) is 10.6 Å². The highest BCUT2D eigenvalue weighted by Gasteiger charge is 2.11. The first kappa shape index (κ1) is 10.7. The molecular weight excluding hydrogens is 256 g/mol. The molecule has 0 fully saturated rings. The Balaban J connectivity index is 2.34. The fourth-order valence-electron chi connectivity index (χ4n) is 1.71. The van der Waals surface area contributed by atoms with Gasteiger partial charge in [-0.2, -0.15) is 10.1 Å². The maximum atomic E-state index is 5.93. The Labute approximate surface area is 107 Å². The second kappa shape index (κ2) is 3.78. The Morgan fingerprint density at radius 3 is 2.82 bits per heavy atom. The summed E-state index contributed by atoms with van der Waals surface area (Å²) in [5.41, 5.74) is 0.944. The third-order valence-electron chi connectivity index (χ3n) is 2.41. The quantitative estimate of drug-likeness (QED) is 0.634. The van der Waals surface area contributed by atoms with Gasteiger partial charge in [-0.1, -0.05) is 0 Å².